The first-order valence-electron chi connectivity index (χ1n) is 11.6. The number of rotatable bonds is 12. The van der Waals surface area contributed by atoms with Crippen LogP contribution in [0.15, 0.2) is 72.2 Å². The summed E-state index contributed by atoms with van der Waals surface area (Å²) in [6, 6.07) is 14.1. The molecule has 0 aromatic heterocycles. The Balaban J connectivity index is 1.98. The minimum Gasteiger partial charge on any atom is -0.482 e. The highest BCUT2D eigenvalue weighted by atomic mass is 16.6. The second-order valence-electron chi connectivity index (χ2n) is 8.36. The second-order valence-corrected chi connectivity index (χ2v) is 8.36. The zero-order valence-electron chi connectivity index (χ0n) is 21.1. The third kappa shape index (κ3) is 9.17. The third-order valence-electron chi connectivity index (χ3n) is 5.12. The Morgan fingerprint density at radius 1 is 1.00 bits per heavy atom. The van der Waals surface area contributed by atoms with Crippen LogP contribution < -0.4 is 26.4 Å². The smallest absolute Gasteiger partial charge is 0.344 e. The standard InChI is InChI=1S/C27H34N4O5/c1-6-35-24(32)16-36-23-13-7-20(8-14-23)15-18(4)29-26(19(5)25(28)33)31-27(34)30-22-11-9-21(10-12-22)17(2)3/h7-14,17,29H,4,6,15-16H2,1-3,5H3,(H2,28,33)(H2,30,31,34)/b26-19-. The van der Waals surface area contributed by atoms with E-state index < -0.39 is 17.9 Å². The van der Waals surface area contributed by atoms with Gasteiger partial charge in [-0.3, -0.25) is 10.1 Å². The average molecular weight is 495 g/mol. The van der Waals surface area contributed by atoms with Crippen LogP contribution in [0.5, 0.6) is 5.75 Å². The molecule has 0 heterocycles. The highest BCUT2D eigenvalue weighted by molar-refractivity contribution is 5.95. The van der Waals surface area contributed by atoms with E-state index in [-0.39, 0.29) is 18.0 Å². The van der Waals surface area contributed by atoms with Gasteiger partial charge in [0.2, 0.25) is 5.91 Å². The number of carbonyl (C=O) groups is 3. The minimum absolute atomic E-state index is 0.137. The quantitative estimate of drug-likeness (QED) is 0.261. The van der Waals surface area contributed by atoms with Crippen molar-refractivity contribution in [3.05, 3.63) is 83.3 Å². The Morgan fingerprint density at radius 2 is 1.64 bits per heavy atom. The van der Waals surface area contributed by atoms with E-state index in [1.807, 2.05) is 36.4 Å². The van der Waals surface area contributed by atoms with Gasteiger partial charge in [0.05, 0.1) is 12.2 Å². The number of carbonyl (C=O) groups excluding carboxylic acids is 3. The number of ether oxygens (including phenoxy) is 2. The van der Waals surface area contributed by atoms with Gasteiger partial charge in [0.25, 0.3) is 0 Å². The van der Waals surface area contributed by atoms with Crippen LogP contribution >= 0.6 is 0 Å². The third-order valence-corrected chi connectivity index (χ3v) is 5.12. The average Bonchev–Trinajstić information content (AvgIpc) is 2.83. The van der Waals surface area contributed by atoms with Gasteiger partial charge in [0, 0.05) is 17.8 Å². The van der Waals surface area contributed by atoms with Crippen molar-refractivity contribution in [2.75, 3.05) is 18.5 Å². The summed E-state index contributed by atoms with van der Waals surface area (Å²) < 4.78 is 10.2. The molecule has 9 heteroatoms. The van der Waals surface area contributed by atoms with Crippen molar-refractivity contribution in [2.45, 2.75) is 40.0 Å². The molecular formula is C27H34N4O5. The maximum Gasteiger partial charge on any atom is 0.344 e. The minimum atomic E-state index is -0.685. The summed E-state index contributed by atoms with van der Waals surface area (Å²) in [5.41, 5.74) is 8.76. The largest absolute Gasteiger partial charge is 0.482 e. The van der Waals surface area contributed by atoms with Crippen molar-refractivity contribution in [2.24, 2.45) is 5.73 Å². The number of hydrogen-bond donors (Lipinski definition) is 4. The number of hydrogen-bond acceptors (Lipinski definition) is 6. The summed E-state index contributed by atoms with van der Waals surface area (Å²) in [6.07, 6.45) is 0.396. The molecule has 0 radical (unpaired) electrons. The van der Waals surface area contributed by atoms with Crippen molar-refractivity contribution >= 4 is 23.6 Å². The molecule has 0 aliphatic rings. The maximum absolute atomic E-state index is 12.6. The maximum atomic E-state index is 12.6. The fourth-order valence-corrected chi connectivity index (χ4v) is 3.08. The summed E-state index contributed by atoms with van der Waals surface area (Å²) in [5.74, 6) is -0.0833. The molecule has 2 rings (SSSR count). The van der Waals surface area contributed by atoms with E-state index in [4.69, 9.17) is 15.2 Å². The molecule has 36 heavy (non-hydrogen) atoms. The molecule has 0 aliphatic heterocycles. The lowest BCUT2D eigenvalue weighted by Crippen LogP contribution is -2.37. The molecule has 0 fully saturated rings. The molecule has 192 valence electrons. The topological polar surface area (TPSA) is 132 Å². The lowest BCUT2D eigenvalue weighted by Gasteiger charge is -2.17. The van der Waals surface area contributed by atoms with E-state index >= 15 is 0 Å². The van der Waals surface area contributed by atoms with Gasteiger partial charge >= 0.3 is 12.0 Å². The molecular weight excluding hydrogens is 460 g/mol. The Labute approximate surface area is 211 Å². The highest BCUT2D eigenvalue weighted by Gasteiger charge is 2.13. The van der Waals surface area contributed by atoms with Crippen LogP contribution in [0.25, 0.3) is 0 Å². The molecule has 0 spiro atoms. The van der Waals surface area contributed by atoms with Gasteiger partial charge < -0.3 is 25.8 Å². The fraction of sp³-hybridized carbons (Fsp3) is 0.296. The number of esters is 1. The molecule has 0 saturated carbocycles. The van der Waals surface area contributed by atoms with E-state index in [0.717, 1.165) is 11.1 Å². The number of allylic oxidation sites excluding steroid dienone is 1. The van der Waals surface area contributed by atoms with Crippen LogP contribution in [0, 0.1) is 0 Å². The Morgan fingerprint density at radius 3 is 2.19 bits per heavy atom. The Kier molecular flexibility index (Phi) is 10.5. The lowest BCUT2D eigenvalue weighted by molar-refractivity contribution is -0.145. The zero-order valence-corrected chi connectivity index (χ0v) is 21.1. The first kappa shape index (κ1) is 28.0. The van der Waals surface area contributed by atoms with Gasteiger partial charge in [-0.05, 0) is 55.2 Å². The predicted molar refractivity (Wildman–Crippen MR) is 139 cm³/mol. The monoisotopic (exact) mass is 494 g/mol. The summed E-state index contributed by atoms with van der Waals surface area (Å²) in [5, 5.41) is 8.35. The Hall–Kier alpha value is -4.27. The normalized spacial score (nSPS) is 11.2. The van der Waals surface area contributed by atoms with Crippen molar-refractivity contribution < 1.29 is 23.9 Å². The first-order chi connectivity index (χ1) is 17.1. The molecule has 3 amide bonds. The van der Waals surface area contributed by atoms with Crippen LogP contribution in [0.1, 0.15) is 44.7 Å². The predicted octanol–water partition coefficient (Wildman–Crippen LogP) is 3.94. The van der Waals surface area contributed by atoms with Crippen LogP contribution in [0.4, 0.5) is 10.5 Å². The van der Waals surface area contributed by atoms with Gasteiger partial charge in [0.1, 0.15) is 11.6 Å². The first-order valence-corrected chi connectivity index (χ1v) is 11.6. The van der Waals surface area contributed by atoms with Crippen LogP contribution in [0.3, 0.4) is 0 Å². The van der Waals surface area contributed by atoms with Crippen LogP contribution in [0.2, 0.25) is 0 Å². The van der Waals surface area contributed by atoms with Gasteiger partial charge in [-0.2, -0.15) is 0 Å². The molecule has 2 aromatic carbocycles. The summed E-state index contributed by atoms with van der Waals surface area (Å²) in [4.78, 5) is 35.8. The summed E-state index contributed by atoms with van der Waals surface area (Å²) in [7, 11) is 0. The molecule has 2 aromatic rings. The lowest BCUT2D eigenvalue weighted by atomic mass is 10.0. The number of nitrogens with two attached hydrogens (primary N) is 1. The highest BCUT2D eigenvalue weighted by Crippen LogP contribution is 2.17. The van der Waals surface area contributed by atoms with Crippen LogP contribution in [-0.4, -0.2) is 31.1 Å². The SMILES string of the molecule is C=C(Cc1ccc(OCC(=O)OCC)cc1)N/C(NC(=O)Nc1ccc(C(C)C)cc1)=C(\C)C(N)=O. The number of urea groups is 1. The molecule has 0 aliphatic carbocycles. The molecule has 0 bridgehead atoms. The van der Waals surface area contributed by atoms with E-state index in [2.05, 4.69) is 36.4 Å². The van der Waals surface area contributed by atoms with Crippen LogP contribution in [-0.2, 0) is 20.7 Å². The zero-order chi connectivity index (χ0) is 26.7. The summed E-state index contributed by atoms with van der Waals surface area (Å²) in [6.45, 7) is 11.5. The summed E-state index contributed by atoms with van der Waals surface area (Å²) >= 11 is 0. The number of anilines is 1. The van der Waals surface area contributed by atoms with E-state index in [1.165, 1.54) is 6.92 Å². The molecule has 0 saturated heterocycles. The van der Waals surface area contributed by atoms with Gasteiger partial charge in [-0.25, -0.2) is 9.59 Å². The second kappa shape index (κ2) is 13.6. The number of amides is 3. The molecule has 0 atom stereocenters. The van der Waals surface area contributed by atoms with E-state index in [0.29, 0.717) is 36.1 Å². The fourth-order valence-electron chi connectivity index (χ4n) is 3.08. The molecule has 0 unspecified atom stereocenters. The van der Waals surface area contributed by atoms with Crippen molar-refractivity contribution in [1.82, 2.24) is 10.6 Å². The van der Waals surface area contributed by atoms with E-state index in [1.54, 1.807) is 19.1 Å². The van der Waals surface area contributed by atoms with Crippen molar-refractivity contribution in [1.29, 1.82) is 0 Å². The van der Waals surface area contributed by atoms with Crippen molar-refractivity contribution in [3.63, 3.8) is 0 Å². The van der Waals surface area contributed by atoms with E-state index in [9.17, 15) is 14.4 Å². The van der Waals surface area contributed by atoms with Crippen molar-refractivity contribution in [3.8, 4) is 5.75 Å². The van der Waals surface area contributed by atoms with Gasteiger partial charge in [0.15, 0.2) is 6.61 Å². The number of primary amides is 1. The van der Waals surface area contributed by atoms with Gasteiger partial charge in [-0.15, -0.1) is 0 Å². The molecule has 9 nitrogen and oxygen atoms in total. The number of nitrogens with one attached hydrogen (secondary N) is 3. The Bertz CT molecular complexity index is 1110. The van der Waals surface area contributed by atoms with Gasteiger partial charge in [-0.1, -0.05) is 44.7 Å². The molecule has 5 N–H and O–H groups in total. The number of benzene rings is 2.